The van der Waals surface area contributed by atoms with Crippen LogP contribution in [-0.4, -0.2) is 57.6 Å². The van der Waals surface area contributed by atoms with Gasteiger partial charge in [0.2, 0.25) is 0 Å². The lowest BCUT2D eigenvalue weighted by atomic mass is 10.7. The maximum atomic E-state index is 11.3. The topological polar surface area (TPSA) is 42.0 Å². The van der Waals surface area contributed by atoms with Crippen LogP contribution in [0.4, 0.5) is 4.79 Å². The maximum Gasteiger partial charge on any atom is 0.323 e. The number of nitrogens with zero attached hydrogens (tertiary/aromatic N) is 2. The minimum atomic E-state index is -0.126. The Morgan fingerprint density at radius 2 is 1.42 bits per heavy atom. The summed E-state index contributed by atoms with van der Waals surface area (Å²) in [7, 11) is 6.41. The summed E-state index contributed by atoms with van der Waals surface area (Å²) >= 11 is 0. The number of methoxy groups -OCH3 is 2. The van der Waals surface area contributed by atoms with E-state index < -0.39 is 0 Å². The minimum absolute atomic E-state index is 0.126. The van der Waals surface area contributed by atoms with Gasteiger partial charge in [-0.05, 0) is 0 Å². The van der Waals surface area contributed by atoms with Crippen LogP contribution in [0.2, 0.25) is 0 Å². The van der Waals surface area contributed by atoms with Crippen molar-refractivity contribution in [2.24, 2.45) is 0 Å². The van der Waals surface area contributed by atoms with Gasteiger partial charge in [-0.3, -0.25) is 0 Å². The van der Waals surface area contributed by atoms with Crippen LogP contribution in [0.25, 0.3) is 0 Å². The third kappa shape index (κ3) is 3.54. The van der Waals surface area contributed by atoms with Crippen molar-refractivity contribution in [1.29, 1.82) is 0 Å². The molecule has 0 unspecified atom stereocenters. The Bertz CT molecular complexity index is 127. The molecule has 0 aromatic carbocycles. The van der Waals surface area contributed by atoms with Crippen molar-refractivity contribution in [2.75, 3.05) is 41.8 Å². The Labute approximate surface area is 72.8 Å². The molecular weight excluding hydrogens is 160 g/mol. The summed E-state index contributed by atoms with van der Waals surface area (Å²) in [4.78, 5) is 14.2. The zero-order valence-electron chi connectivity index (χ0n) is 8.03. The summed E-state index contributed by atoms with van der Waals surface area (Å²) in [5, 5.41) is 0. The smallest absolute Gasteiger partial charge is 0.323 e. The fraction of sp³-hybridized carbons (Fsp3) is 0.857. The first-order valence-corrected chi connectivity index (χ1v) is 3.57. The van der Waals surface area contributed by atoms with Crippen LogP contribution >= 0.6 is 0 Å². The van der Waals surface area contributed by atoms with Crippen LogP contribution in [0.3, 0.4) is 0 Å². The average molecular weight is 176 g/mol. The Kier molecular flexibility index (Phi) is 5.40. The Morgan fingerprint density at radius 1 is 1.08 bits per heavy atom. The number of rotatable bonds is 4. The molecule has 0 radical (unpaired) electrons. The van der Waals surface area contributed by atoms with Crippen molar-refractivity contribution < 1.29 is 14.3 Å². The van der Waals surface area contributed by atoms with Gasteiger partial charge in [0.1, 0.15) is 13.5 Å². The highest BCUT2D eigenvalue weighted by molar-refractivity contribution is 5.73. The molecule has 72 valence electrons. The van der Waals surface area contributed by atoms with E-state index in [4.69, 9.17) is 9.47 Å². The summed E-state index contributed by atoms with van der Waals surface area (Å²) in [5.41, 5.74) is 0. The van der Waals surface area contributed by atoms with Crippen LogP contribution in [0.1, 0.15) is 0 Å². The van der Waals surface area contributed by atoms with Gasteiger partial charge in [0.15, 0.2) is 0 Å². The molecule has 0 aromatic rings. The molecule has 0 bridgehead atoms. The van der Waals surface area contributed by atoms with Crippen molar-refractivity contribution in [3.63, 3.8) is 0 Å². The summed E-state index contributed by atoms with van der Waals surface area (Å²) in [6, 6.07) is -0.126. The fourth-order valence-electron chi connectivity index (χ4n) is 0.789. The van der Waals surface area contributed by atoms with Gasteiger partial charge in [0, 0.05) is 28.3 Å². The first kappa shape index (κ1) is 11.2. The second-order valence-corrected chi connectivity index (χ2v) is 2.51. The molecule has 0 spiro atoms. The molecule has 0 saturated heterocycles. The van der Waals surface area contributed by atoms with Crippen molar-refractivity contribution in [3.05, 3.63) is 0 Å². The van der Waals surface area contributed by atoms with E-state index in [1.54, 1.807) is 28.3 Å². The number of hydrogen-bond acceptors (Lipinski definition) is 3. The highest BCUT2D eigenvalue weighted by Gasteiger charge is 2.12. The molecular formula is C7H16N2O3. The van der Waals surface area contributed by atoms with Gasteiger partial charge < -0.3 is 19.3 Å². The number of amides is 2. The van der Waals surface area contributed by atoms with Crippen molar-refractivity contribution in [1.82, 2.24) is 9.80 Å². The minimum Gasteiger partial charge on any atom is -0.364 e. The lowest BCUT2D eigenvalue weighted by Crippen LogP contribution is -2.40. The van der Waals surface area contributed by atoms with Gasteiger partial charge >= 0.3 is 6.03 Å². The number of carbonyl (C=O) groups is 1. The highest BCUT2D eigenvalue weighted by Crippen LogP contribution is 1.93. The van der Waals surface area contributed by atoms with E-state index in [-0.39, 0.29) is 19.5 Å². The molecule has 0 aliphatic rings. The largest absolute Gasteiger partial charge is 0.364 e. The summed E-state index contributed by atoms with van der Waals surface area (Å²) in [5.74, 6) is 0. The SMILES string of the molecule is COCN(C)C(=O)N(C)COC. The first-order chi connectivity index (χ1) is 5.63. The molecule has 12 heavy (non-hydrogen) atoms. The van der Waals surface area contributed by atoms with Gasteiger partial charge in [-0.2, -0.15) is 0 Å². The van der Waals surface area contributed by atoms with E-state index in [9.17, 15) is 4.79 Å². The summed E-state index contributed by atoms with van der Waals surface area (Å²) < 4.78 is 9.58. The molecule has 5 nitrogen and oxygen atoms in total. The predicted octanol–water partition coefficient (Wildman–Crippen LogP) is 0.178. The summed E-state index contributed by atoms with van der Waals surface area (Å²) in [6.45, 7) is 0.569. The van der Waals surface area contributed by atoms with E-state index >= 15 is 0 Å². The van der Waals surface area contributed by atoms with Crippen LogP contribution in [0.5, 0.6) is 0 Å². The maximum absolute atomic E-state index is 11.3. The first-order valence-electron chi connectivity index (χ1n) is 3.57. The van der Waals surface area contributed by atoms with Gasteiger partial charge in [0.25, 0.3) is 0 Å². The molecule has 2 amide bonds. The number of carbonyl (C=O) groups excluding carboxylic acids is 1. The Balaban J connectivity index is 3.82. The molecule has 0 N–H and O–H groups in total. The number of urea groups is 1. The van der Waals surface area contributed by atoms with E-state index in [0.29, 0.717) is 0 Å². The molecule has 0 fully saturated rings. The third-order valence-electron chi connectivity index (χ3n) is 1.30. The van der Waals surface area contributed by atoms with Crippen LogP contribution in [0.15, 0.2) is 0 Å². The lowest BCUT2D eigenvalue weighted by molar-refractivity contribution is 0.0534. The standard InChI is InChI=1S/C7H16N2O3/c1-8(5-11-3)7(10)9(2)6-12-4/h5-6H2,1-4H3. The normalized spacial score (nSPS) is 9.67. The van der Waals surface area contributed by atoms with Crippen LogP contribution in [-0.2, 0) is 9.47 Å². The van der Waals surface area contributed by atoms with E-state index in [1.807, 2.05) is 0 Å². The summed E-state index contributed by atoms with van der Waals surface area (Å²) in [6.07, 6.45) is 0. The third-order valence-corrected chi connectivity index (χ3v) is 1.30. The number of ether oxygens (including phenoxy) is 2. The van der Waals surface area contributed by atoms with Gasteiger partial charge in [-0.25, -0.2) is 4.79 Å². The van der Waals surface area contributed by atoms with Gasteiger partial charge in [-0.15, -0.1) is 0 Å². The van der Waals surface area contributed by atoms with Crippen molar-refractivity contribution in [3.8, 4) is 0 Å². The highest BCUT2D eigenvalue weighted by atomic mass is 16.5. The monoisotopic (exact) mass is 176 g/mol. The van der Waals surface area contributed by atoms with Crippen molar-refractivity contribution >= 4 is 6.03 Å². The van der Waals surface area contributed by atoms with E-state index in [1.165, 1.54) is 9.80 Å². The molecule has 0 aliphatic carbocycles. The van der Waals surface area contributed by atoms with E-state index in [0.717, 1.165) is 0 Å². The molecule has 0 aliphatic heterocycles. The van der Waals surface area contributed by atoms with Gasteiger partial charge in [0.05, 0.1) is 0 Å². The van der Waals surface area contributed by atoms with Crippen molar-refractivity contribution in [2.45, 2.75) is 0 Å². The Hall–Kier alpha value is -0.810. The molecule has 0 aromatic heterocycles. The quantitative estimate of drug-likeness (QED) is 0.574. The van der Waals surface area contributed by atoms with Crippen LogP contribution in [0, 0.1) is 0 Å². The molecule has 5 heteroatoms. The van der Waals surface area contributed by atoms with Crippen LogP contribution < -0.4 is 0 Å². The predicted molar refractivity (Wildman–Crippen MR) is 44.7 cm³/mol. The fourth-order valence-corrected chi connectivity index (χ4v) is 0.789. The number of hydrogen-bond donors (Lipinski definition) is 0. The molecule has 0 heterocycles. The second kappa shape index (κ2) is 5.79. The zero-order chi connectivity index (χ0) is 9.56. The molecule has 0 rings (SSSR count). The van der Waals surface area contributed by atoms with E-state index in [2.05, 4.69) is 0 Å². The molecule has 0 saturated carbocycles. The van der Waals surface area contributed by atoms with Gasteiger partial charge in [-0.1, -0.05) is 0 Å². The lowest BCUT2D eigenvalue weighted by Gasteiger charge is -2.23. The Morgan fingerprint density at radius 3 is 1.67 bits per heavy atom. The average Bonchev–Trinajstić information content (AvgIpc) is 2.04. The molecule has 0 atom stereocenters. The zero-order valence-corrected chi connectivity index (χ0v) is 8.03. The second-order valence-electron chi connectivity index (χ2n) is 2.51.